The molecule has 1 saturated heterocycles. The summed E-state index contributed by atoms with van der Waals surface area (Å²) in [5, 5.41) is 3.92. The normalized spacial score (nSPS) is 14.5. The highest BCUT2D eigenvalue weighted by atomic mass is 35.5. The molecule has 1 N–H and O–H groups in total. The van der Waals surface area contributed by atoms with Crippen LogP contribution in [0.5, 0.6) is 0 Å². The standard InChI is InChI=1S/C18H21ClN4O/c19-15-6-4-14(5-7-15)8-10-20-18-21-11-9-16(22-18)17(24)23-12-2-1-3-13-23/h4-7,9,11H,1-3,8,10,12-13H2,(H,20,21,22). The first-order valence-electron chi connectivity index (χ1n) is 8.33. The Morgan fingerprint density at radius 2 is 1.88 bits per heavy atom. The lowest BCUT2D eigenvalue weighted by Crippen LogP contribution is -2.36. The average molecular weight is 345 g/mol. The Balaban J connectivity index is 1.56. The predicted molar refractivity (Wildman–Crippen MR) is 95.4 cm³/mol. The molecule has 1 aromatic carbocycles. The Hall–Kier alpha value is -2.14. The highest BCUT2D eigenvalue weighted by Gasteiger charge is 2.19. The molecule has 1 aliphatic heterocycles. The van der Waals surface area contributed by atoms with Crippen LogP contribution in [0.25, 0.3) is 0 Å². The van der Waals surface area contributed by atoms with Crippen LogP contribution in [0.1, 0.15) is 35.3 Å². The molecule has 5 nitrogen and oxygen atoms in total. The van der Waals surface area contributed by atoms with Gasteiger partial charge in [-0.3, -0.25) is 4.79 Å². The third-order valence-corrected chi connectivity index (χ3v) is 4.38. The van der Waals surface area contributed by atoms with Crippen molar-refractivity contribution < 1.29 is 4.79 Å². The second-order valence-electron chi connectivity index (χ2n) is 5.92. The molecule has 0 bridgehead atoms. The van der Waals surface area contributed by atoms with E-state index in [2.05, 4.69) is 15.3 Å². The largest absolute Gasteiger partial charge is 0.354 e. The molecule has 0 saturated carbocycles. The number of carbonyl (C=O) groups excluding carboxylic acids is 1. The van der Waals surface area contributed by atoms with Crippen molar-refractivity contribution in [2.24, 2.45) is 0 Å². The quantitative estimate of drug-likeness (QED) is 0.903. The number of hydrogen-bond acceptors (Lipinski definition) is 4. The van der Waals surface area contributed by atoms with Crippen LogP contribution in [-0.4, -0.2) is 40.4 Å². The number of likely N-dealkylation sites (tertiary alicyclic amines) is 1. The van der Waals surface area contributed by atoms with E-state index in [1.807, 2.05) is 29.2 Å². The monoisotopic (exact) mass is 344 g/mol. The van der Waals surface area contributed by atoms with E-state index in [-0.39, 0.29) is 5.91 Å². The lowest BCUT2D eigenvalue weighted by Gasteiger charge is -2.26. The van der Waals surface area contributed by atoms with Crippen molar-refractivity contribution in [2.75, 3.05) is 25.0 Å². The summed E-state index contributed by atoms with van der Waals surface area (Å²) in [4.78, 5) is 22.9. The zero-order valence-electron chi connectivity index (χ0n) is 13.5. The minimum Gasteiger partial charge on any atom is -0.354 e. The van der Waals surface area contributed by atoms with Gasteiger partial charge in [-0.2, -0.15) is 0 Å². The predicted octanol–water partition coefficient (Wildman–Crippen LogP) is 3.41. The minimum atomic E-state index is -0.00199. The van der Waals surface area contributed by atoms with Gasteiger partial charge in [0, 0.05) is 30.9 Å². The Morgan fingerprint density at radius 1 is 1.12 bits per heavy atom. The Kier molecular flexibility index (Phi) is 5.64. The zero-order valence-corrected chi connectivity index (χ0v) is 14.3. The highest BCUT2D eigenvalue weighted by molar-refractivity contribution is 6.30. The van der Waals surface area contributed by atoms with Crippen LogP contribution in [0.4, 0.5) is 5.95 Å². The molecule has 1 amide bonds. The van der Waals surface area contributed by atoms with Crippen molar-refractivity contribution in [1.29, 1.82) is 0 Å². The molecule has 24 heavy (non-hydrogen) atoms. The smallest absolute Gasteiger partial charge is 0.272 e. The van der Waals surface area contributed by atoms with Crippen LogP contribution >= 0.6 is 11.6 Å². The van der Waals surface area contributed by atoms with Gasteiger partial charge in [-0.25, -0.2) is 9.97 Å². The first kappa shape index (κ1) is 16.7. The van der Waals surface area contributed by atoms with Crippen molar-refractivity contribution in [2.45, 2.75) is 25.7 Å². The van der Waals surface area contributed by atoms with E-state index in [0.717, 1.165) is 37.4 Å². The minimum absolute atomic E-state index is 0.00199. The van der Waals surface area contributed by atoms with Gasteiger partial charge < -0.3 is 10.2 Å². The fraction of sp³-hybridized carbons (Fsp3) is 0.389. The topological polar surface area (TPSA) is 58.1 Å². The number of carbonyl (C=O) groups is 1. The number of piperidine rings is 1. The van der Waals surface area contributed by atoms with Gasteiger partial charge in [0.1, 0.15) is 5.69 Å². The average Bonchev–Trinajstić information content (AvgIpc) is 2.64. The second kappa shape index (κ2) is 8.11. The van der Waals surface area contributed by atoms with Gasteiger partial charge in [-0.05, 0) is 49.4 Å². The van der Waals surface area contributed by atoms with Crippen molar-refractivity contribution in [3.8, 4) is 0 Å². The number of rotatable bonds is 5. The van der Waals surface area contributed by atoms with Gasteiger partial charge >= 0.3 is 0 Å². The molecule has 1 fully saturated rings. The van der Waals surface area contributed by atoms with Crippen LogP contribution in [0, 0.1) is 0 Å². The summed E-state index contributed by atoms with van der Waals surface area (Å²) >= 11 is 5.88. The number of amides is 1. The van der Waals surface area contributed by atoms with Gasteiger partial charge in [0.2, 0.25) is 5.95 Å². The second-order valence-corrected chi connectivity index (χ2v) is 6.36. The van der Waals surface area contributed by atoms with Crippen LogP contribution in [-0.2, 0) is 6.42 Å². The molecule has 0 unspecified atom stereocenters. The van der Waals surface area contributed by atoms with Gasteiger partial charge in [0.25, 0.3) is 5.91 Å². The Morgan fingerprint density at radius 3 is 2.62 bits per heavy atom. The lowest BCUT2D eigenvalue weighted by molar-refractivity contribution is 0.0718. The first-order chi connectivity index (χ1) is 11.7. The Labute approximate surface area is 147 Å². The SMILES string of the molecule is O=C(c1ccnc(NCCc2ccc(Cl)cc2)n1)N1CCCCC1. The third kappa shape index (κ3) is 4.45. The van der Waals surface area contributed by atoms with Crippen LogP contribution in [0.15, 0.2) is 36.5 Å². The van der Waals surface area contributed by atoms with Gasteiger partial charge in [0.15, 0.2) is 0 Å². The number of nitrogens with zero attached hydrogens (tertiary/aromatic N) is 3. The fourth-order valence-corrected chi connectivity index (χ4v) is 2.92. The molecule has 0 aliphatic carbocycles. The number of hydrogen-bond donors (Lipinski definition) is 1. The number of anilines is 1. The summed E-state index contributed by atoms with van der Waals surface area (Å²) in [6.07, 6.45) is 5.82. The summed E-state index contributed by atoms with van der Waals surface area (Å²) in [6.45, 7) is 2.34. The van der Waals surface area contributed by atoms with E-state index in [1.165, 1.54) is 12.0 Å². The molecule has 6 heteroatoms. The highest BCUT2D eigenvalue weighted by Crippen LogP contribution is 2.13. The van der Waals surface area contributed by atoms with Crippen LogP contribution in [0.2, 0.25) is 5.02 Å². The maximum atomic E-state index is 12.5. The fourth-order valence-electron chi connectivity index (χ4n) is 2.79. The molecule has 0 atom stereocenters. The summed E-state index contributed by atoms with van der Waals surface area (Å²) in [5.41, 5.74) is 1.65. The third-order valence-electron chi connectivity index (χ3n) is 4.13. The number of aromatic nitrogens is 2. The number of halogens is 1. The molecule has 3 rings (SSSR count). The maximum Gasteiger partial charge on any atom is 0.272 e. The van der Waals surface area contributed by atoms with Crippen LogP contribution in [0.3, 0.4) is 0 Å². The summed E-state index contributed by atoms with van der Waals surface area (Å²) < 4.78 is 0. The van der Waals surface area contributed by atoms with Crippen molar-refractivity contribution >= 4 is 23.5 Å². The van der Waals surface area contributed by atoms with E-state index in [0.29, 0.717) is 18.2 Å². The summed E-state index contributed by atoms with van der Waals surface area (Å²) in [6, 6.07) is 9.44. The molecule has 126 valence electrons. The number of benzene rings is 1. The van der Waals surface area contributed by atoms with E-state index >= 15 is 0 Å². The number of nitrogens with one attached hydrogen (secondary N) is 1. The van der Waals surface area contributed by atoms with Gasteiger partial charge in [-0.1, -0.05) is 23.7 Å². The molecule has 0 radical (unpaired) electrons. The molecule has 2 aromatic rings. The van der Waals surface area contributed by atoms with E-state index in [1.54, 1.807) is 12.3 Å². The molecule has 1 aromatic heterocycles. The zero-order chi connectivity index (χ0) is 16.8. The molecule has 2 heterocycles. The lowest BCUT2D eigenvalue weighted by atomic mass is 10.1. The molecule has 1 aliphatic rings. The molecular formula is C18H21ClN4O. The van der Waals surface area contributed by atoms with Gasteiger partial charge in [0.05, 0.1) is 0 Å². The summed E-state index contributed by atoms with van der Waals surface area (Å²) in [7, 11) is 0. The van der Waals surface area contributed by atoms with E-state index < -0.39 is 0 Å². The summed E-state index contributed by atoms with van der Waals surface area (Å²) in [5.74, 6) is 0.490. The van der Waals surface area contributed by atoms with Gasteiger partial charge in [-0.15, -0.1) is 0 Å². The van der Waals surface area contributed by atoms with E-state index in [4.69, 9.17) is 11.6 Å². The maximum absolute atomic E-state index is 12.5. The first-order valence-corrected chi connectivity index (χ1v) is 8.71. The van der Waals surface area contributed by atoms with Crippen molar-refractivity contribution in [3.05, 3.63) is 52.8 Å². The van der Waals surface area contributed by atoms with E-state index in [9.17, 15) is 4.79 Å². The molecular weight excluding hydrogens is 324 g/mol. The Bertz CT molecular complexity index is 684. The van der Waals surface area contributed by atoms with Crippen molar-refractivity contribution in [3.63, 3.8) is 0 Å². The molecule has 0 spiro atoms. The van der Waals surface area contributed by atoms with Crippen LogP contribution < -0.4 is 5.32 Å². The van der Waals surface area contributed by atoms with Crippen molar-refractivity contribution in [1.82, 2.24) is 14.9 Å².